The summed E-state index contributed by atoms with van der Waals surface area (Å²) in [5.74, 6) is 2.23. The maximum atomic E-state index is 12.0. The largest absolute Gasteiger partial charge is 0.390 e. The molecule has 3 fully saturated rings. The molecule has 1 N–H and O–H groups in total. The number of carbonyl (C=O) groups is 1. The molecular formula is C21H32O3. The molecule has 0 radical (unpaired) electrons. The van der Waals surface area contributed by atoms with Crippen molar-refractivity contribution in [2.45, 2.75) is 70.8 Å². The maximum absolute atomic E-state index is 12.0. The molecule has 0 saturated heterocycles. The van der Waals surface area contributed by atoms with Gasteiger partial charge in [0.1, 0.15) is 0 Å². The van der Waals surface area contributed by atoms with Gasteiger partial charge >= 0.3 is 0 Å². The van der Waals surface area contributed by atoms with E-state index in [9.17, 15) is 9.90 Å². The zero-order chi connectivity index (χ0) is 17.2. The number of aliphatic hydroxyl groups is 1. The molecule has 4 rings (SSSR count). The summed E-state index contributed by atoms with van der Waals surface area (Å²) in [7, 11) is 1.81. The fourth-order valence-electron chi connectivity index (χ4n) is 7.13. The summed E-state index contributed by atoms with van der Waals surface area (Å²) in [5.41, 5.74) is 1.00. The Morgan fingerprint density at radius 2 is 1.88 bits per heavy atom. The Bertz CT molecular complexity index is 578. The molecule has 0 aromatic carbocycles. The third kappa shape index (κ3) is 2.07. The molecule has 0 amide bonds. The monoisotopic (exact) mass is 332 g/mol. The predicted octanol–water partition coefficient (Wildman–Crippen LogP) is 3.90. The van der Waals surface area contributed by atoms with Crippen molar-refractivity contribution < 1.29 is 14.6 Å². The Labute approximate surface area is 145 Å². The van der Waals surface area contributed by atoms with Gasteiger partial charge in [0.15, 0.2) is 5.78 Å². The Hall–Kier alpha value is -0.670. The van der Waals surface area contributed by atoms with Gasteiger partial charge in [0.2, 0.25) is 0 Å². The second-order valence-electron chi connectivity index (χ2n) is 9.41. The Morgan fingerprint density at radius 1 is 1.12 bits per heavy atom. The highest BCUT2D eigenvalue weighted by atomic mass is 16.5. The van der Waals surface area contributed by atoms with Crippen LogP contribution in [0.15, 0.2) is 11.6 Å². The first-order chi connectivity index (χ1) is 11.3. The summed E-state index contributed by atoms with van der Waals surface area (Å²) < 4.78 is 5.70. The molecule has 3 heteroatoms. The molecule has 24 heavy (non-hydrogen) atoms. The third-order valence-electron chi connectivity index (χ3n) is 8.65. The highest BCUT2D eigenvalue weighted by Gasteiger charge is 2.63. The van der Waals surface area contributed by atoms with Gasteiger partial charge in [-0.2, -0.15) is 0 Å². The van der Waals surface area contributed by atoms with Gasteiger partial charge in [-0.25, -0.2) is 0 Å². The average molecular weight is 332 g/mol. The molecule has 6 atom stereocenters. The van der Waals surface area contributed by atoms with E-state index in [1.54, 1.807) is 7.11 Å². The van der Waals surface area contributed by atoms with Gasteiger partial charge in [-0.3, -0.25) is 4.79 Å². The number of carbonyl (C=O) groups excluding carboxylic acids is 1. The zero-order valence-corrected chi connectivity index (χ0v) is 15.4. The first-order valence-corrected chi connectivity index (χ1v) is 9.79. The number of ketones is 1. The van der Waals surface area contributed by atoms with Crippen molar-refractivity contribution in [2.75, 3.05) is 13.7 Å². The minimum atomic E-state index is -0.518. The average Bonchev–Trinajstić information content (AvgIpc) is 2.78. The van der Waals surface area contributed by atoms with Crippen LogP contribution in [0.2, 0.25) is 0 Å². The molecule has 0 unspecified atom stereocenters. The van der Waals surface area contributed by atoms with E-state index in [1.807, 2.05) is 6.08 Å². The normalized spacial score (nSPS) is 50.8. The fourth-order valence-corrected chi connectivity index (χ4v) is 7.13. The summed E-state index contributed by atoms with van der Waals surface area (Å²) in [5, 5.41) is 11.0. The van der Waals surface area contributed by atoms with Gasteiger partial charge in [-0.15, -0.1) is 0 Å². The van der Waals surface area contributed by atoms with Crippen LogP contribution in [0.3, 0.4) is 0 Å². The maximum Gasteiger partial charge on any atom is 0.155 e. The number of fused-ring (bicyclic) bond motifs is 5. The Morgan fingerprint density at radius 3 is 2.62 bits per heavy atom. The highest BCUT2D eigenvalue weighted by Crippen LogP contribution is 2.67. The lowest BCUT2D eigenvalue weighted by Gasteiger charge is -2.59. The number of hydrogen-bond donors (Lipinski definition) is 1. The lowest BCUT2D eigenvalue weighted by atomic mass is 9.46. The van der Waals surface area contributed by atoms with Crippen LogP contribution in [-0.4, -0.2) is 30.2 Å². The van der Waals surface area contributed by atoms with Crippen LogP contribution >= 0.6 is 0 Å². The summed E-state index contributed by atoms with van der Waals surface area (Å²) in [6, 6.07) is 0. The minimum Gasteiger partial charge on any atom is -0.390 e. The van der Waals surface area contributed by atoms with Gasteiger partial charge in [-0.05, 0) is 81.1 Å². The molecule has 0 spiro atoms. The number of ether oxygens (including phenoxy) is 1. The molecule has 4 aliphatic rings. The van der Waals surface area contributed by atoms with Crippen molar-refractivity contribution in [1.29, 1.82) is 0 Å². The van der Waals surface area contributed by atoms with Crippen molar-refractivity contribution in [2.24, 2.45) is 28.6 Å². The van der Waals surface area contributed by atoms with E-state index >= 15 is 0 Å². The van der Waals surface area contributed by atoms with Gasteiger partial charge in [0.05, 0.1) is 12.2 Å². The lowest BCUT2D eigenvalue weighted by molar-refractivity contribution is -0.132. The van der Waals surface area contributed by atoms with E-state index in [0.717, 1.165) is 38.7 Å². The van der Waals surface area contributed by atoms with Gasteiger partial charge < -0.3 is 9.84 Å². The second kappa shape index (κ2) is 5.41. The van der Waals surface area contributed by atoms with Crippen molar-refractivity contribution in [3.05, 3.63) is 11.6 Å². The first-order valence-electron chi connectivity index (χ1n) is 9.79. The Balaban J connectivity index is 1.72. The van der Waals surface area contributed by atoms with E-state index in [2.05, 4.69) is 13.8 Å². The molecule has 0 bridgehead atoms. The molecule has 0 heterocycles. The summed E-state index contributed by atoms with van der Waals surface area (Å²) in [6.07, 6.45) is 10.2. The quantitative estimate of drug-likeness (QED) is 0.834. The van der Waals surface area contributed by atoms with Crippen molar-refractivity contribution in [3.8, 4) is 0 Å². The molecule has 4 aliphatic carbocycles. The van der Waals surface area contributed by atoms with E-state index in [4.69, 9.17) is 4.74 Å². The van der Waals surface area contributed by atoms with Crippen LogP contribution in [0.4, 0.5) is 0 Å². The fraction of sp³-hybridized carbons (Fsp3) is 0.857. The van der Waals surface area contributed by atoms with E-state index in [0.29, 0.717) is 30.0 Å². The predicted molar refractivity (Wildman–Crippen MR) is 93.5 cm³/mol. The Kier molecular flexibility index (Phi) is 3.78. The molecule has 0 aliphatic heterocycles. The third-order valence-corrected chi connectivity index (χ3v) is 8.65. The SMILES string of the molecule is COC[C@]12CCC(=O)C=C1CC[C@@H]1[C@@H]2CC[C@@]2(C)[C@H]1CC[C@]2(C)O. The standard InChI is InChI=1S/C21H32O3/c1-19-9-7-18-16(17(19)8-10-20(19,2)23)5-4-14-12-15(22)6-11-21(14,18)13-24-3/h12,16-18,23H,4-11,13H2,1-3H3/t16-,17-,18-,19-,20-,21+/m0/s1. The van der Waals surface area contributed by atoms with Crippen LogP contribution in [0, 0.1) is 28.6 Å². The van der Waals surface area contributed by atoms with Crippen LogP contribution in [-0.2, 0) is 9.53 Å². The molecule has 3 saturated carbocycles. The number of hydrogen-bond acceptors (Lipinski definition) is 3. The number of rotatable bonds is 2. The van der Waals surface area contributed by atoms with E-state index in [1.165, 1.54) is 18.4 Å². The lowest BCUT2D eigenvalue weighted by Crippen LogP contribution is -2.55. The van der Waals surface area contributed by atoms with Crippen LogP contribution in [0.25, 0.3) is 0 Å². The summed E-state index contributed by atoms with van der Waals surface area (Å²) >= 11 is 0. The van der Waals surface area contributed by atoms with Gasteiger partial charge in [-0.1, -0.05) is 12.5 Å². The molecule has 3 nitrogen and oxygen atoms in total. The molecule has 0 aromatic heterocycles. The van der Waals surface area contributed by atoms with Crippen LogP contribution in [0.1, 0.15) is 65.2 Å². The minimum absolute atomic E-state index is 0.0636. The molecule has 0 aromatic rings. The summed E-state index contributed by atoms with van der Waals surface area (Å²) in [4.78, 5) is 12.0. The second-order valence-corrected chi connectivity index (χ2v) is 9.41. The smallest absolute Gasteiger partial charge is 0.155 e. The molecular weight excluding hydrogens is 300 g/mol. The van der Waals surface area contributed by atoms with Crippen LogP contribution in [0.5, 0.6) is 0 Å². The highest BCUT2D eigenvalue weighted by molar-refractivity contribution is 5.91. The molecule has 134 valence electrons. The van der Waals surface area contributed by atoms with Crippen molar-refractivity contribution in [3.63, 3.8) is 0 Å². The topological polar surface area (TPSA) is 46.5 Å². The van der Waals surface area contributed by atoms with E-state index < -0.39 is 5.60 Å². The van der Waals surface area contributed by atoms with Crippen molar-refractivity contribution >= 4 is 5.78 Å². The number of methoxy groups -OCH3 is 1. The van der Waals surface area contributed by atoms with Gasteiger partial charge in [0.25, 0.3) is 0 Å². The van der Waals surface area contributed by atoms with E-state index in [-0.39, 0.29) is 10.8 Å². The zero-order valence-electron chi connectivity index (χ0n) is 15.4. The first kappa shape index (κ1) is 16.8. The summed E-state index contributed by atoms with van der Waals surface area (Å²) in [6.45, 7) is 5.15. The van der Waals surface area contributed by atoms with Crippen LogP contribution < -0.4 is 0 Å². The van der Waals surface area contributed by atoms with Gasteiger partial charge in [0, 0.05) is 18.9 Å². The van der Waals surface area contributed by atoms with Crippen molar-refractivity contribution in [1.82, 2.24) is 0 Å².